The van der Waals surface area contributed by atoms with Crippen LogP contribution in [0.2, 0.25) is 0 Å². The molecule has 0 bridgehead atoms. The number of H-pyrrole nitrogens is 1. The molecule has 2 aromatic rings. The van der Waals surface area contributed by atoms with Crippen LogP contribution in [0.3, 0.4) is 0 Å². The second kappa shape index (κ2) is 3.97. The number of fused-ring (bicyclic) bond motifs is 1. The lowest BCUT2D eigenvalue weighted by molar-refractivity contribution is 0.0694. The van der Waals surface area contributed by atoms with E-state index in [0.29, 0.717) is 11.6 Å². The summed E-state index contributed by atoms with van der Waals surface area (Å²) in [6.07, 6.45) is 5.77. The van der Waals surface area contributed by atoms with Gasteiger partial charge in [0.05, 0.1) is 5.69 Å². The molecule has 2 aromatic heterocycles. The van der Waals surface area contributed by atoms with Gasteiger partial charge in [0.2, 0.25) is 0 Å². The normalized spacial score (nSPS) is 16.4. The maximum absolute atomic E-state index is 11.9. The zero-order valence-corrected chi connectivity index (χ0v) is 9.72. The first kappa shape index (κ1) is 11.0. The summed E-state index contributed by atoms with van der Waals surface area (Å²) >= 11 is 0. The summed E-state index contributed by atoms with van der Waals surface area (Å²) in [6.45, 7) is 0. The molecule has 1 aliphatic carbocycles. The first-order valence-corrected chi connectivity index (χ1v) is 6.01. The predicted molar refractivity (Wildman–Crippen MR) is 64.0 cm³/mol. The van der Waals surface area contributed by atoms with Crippen LogP contribution < -0.4 is 5.56 Å². The van der Waals surface area contributed by atoms with E-state index in [0.717, 1.165) is 23.1 Å². The molecule has 6 heteroatoms. The molecule has 0 unspecified atom stereocenters. The number of carboxylic acids is 1. The third-order valence-corrected chi connectivity index (χ3v) is 3.52. The first-order chi connectivity index (χ1) is 8.66. The number of nitrogens with one attached hydrogen (secondary N) is 1. The van der Waals surface area contributed by atoms with Crippen molar-refractivity contribution in [1.82, 2.24) is 14.6 Å². The summed E-state index contributed by atoms with van der Waals surface area (Å²) in [5, 5.41) is 13.1. The van der Waals surface area contributed by atoms with Crippen LogP contribution in [0.25, 0.3) is 5.65 Å². The van der Waals surface area contributed by atoms with Gasteiger partial charge in [0.1, 0.15) is 11.2 Å². The molecule has 1 aliphatic rings. The molecule has 94 valence electrons. The Morgan fingerprint density at radius 1 is 1.44 bits per heavy atom. The third-order valence-electron chi connectivity index (χ3n) is 3.52. The molecule has 1 saturated carbocycles. The molecule has 0 aromatic carbocycles. The first-order valence-electron chi connectivity index (χ1n) is 6.01. The number of hydrogen-bond donors (Lipinski definition) is 2. The quantitative estimate of drug-likeness (QED) is 0.839. The van der Waals surface area contributed by atoms with E-state index in [1.807, 2.05) is 6.07 Å². The van der Waals surface area contributed by atoms with Crippen molar-refractivity contribution in [2.45, 2.75) is 31.6 Å². The van der Waals surface area contributed by atoms with Crippen molar-refractivity contribution in [3.05, 3.63) is 33.9 Å². The molecule has 2 N–H and O–H groups in total. The molecule has 3 rings (SSSR count). The van der Waals surface area contributed by atoms with E-state index in [4.69, 9.17) is 5.11 Å². The minimum absolute atomic E-state index is 0.288. The van der Waals surface area contributed by atoms with E-state index >= 15 is 0 Å². The molecule has 2 heterocycles. The lowest BCUT2D eigenvalue weighted by Gasteiger charge is -2.01. The van der Waals surface area contributed by atoms with Gasteiger partial charge in [0.15, 0.2) is 0 Å². The van der Waals surface area contributed by atoms with Gasteiger partial charge in [-0.2, -0.15) is 9.61 Å². The Bertz CT molecular complexity index is 665. The highest BCUT2D eigenvalue weighted by Crippen LogP contribution is 2.33. The lowest BCUT2D eigenvalue weighted by Crippen LogP contribution is -2.23. The van der Waals surface area contributed by atoms with Crippen LogP contribution in [-0.4, -0.2) is 25.7 Å². The Kier molecular flexibility index (Phi) is 2.43. The highest BCUT2D eigenvalue weighted by molar-refractivity contribution is 5.86. The van der Waals surface area contributed by atoms with Crippen molar-refractivity contribution in [2.24, 2.45) is 0 Å². The second-order valence-corrected chi connectivity index (χ2v) is 4.66. The van der Waals surface area contributed by atoms with Gasteiger partial charge in [0.25, 0.3) is 5.56 Å². The van der Waals surface area contributed by atoms with Crippen molar-refractivity contribution in [2.75, 3.05) is 0 Å². The van der Waals surface area contributed by atoms with Gasteiger partial charge in [-0.15, -0.1) is 0 Å². The fraction of sp³-hybridized carbons (Fsp3) is 0.417. The van der Waals surface area contributed by atoms with Crippen LogP contribution in [0.4, 0.5) is 0 Å². The maximum Gasteiger partial charge on any atom is 0.342 e. The number of aromatic amines is 1. The van der Waals surface area contributed by atoms with Gasteiger partial charge < -0.3 is 10.1 Å². The van der Waals surface area contributed by atoms with Crippen molar-refractivity contribution in [1.29, 1.82) is 0 Å². The molecular weight excluding hydrogens is 234 g/mol. The topological polar surface area (TPSA) is 87.5 Å². The van der Waals surface area contributed by atoms with E-state index in [1.54, 1.807) is 0 Å². The summed E-state index contributed by atoms with van der Waals surface area (Å²) in [6, 6.07) is 1.84. The Morgan fingerprint density at radius 3 is 2.83 bits per heavy atom. The molecule has 1 fully saturated rings. The zero-order chi connectivity index (χ0) is 12.7. The summed E-state index contributed by atoms with van der Waals surface area (Å²) < 4.78 is 1.15. The van der Waals surface area contributed by atoms with Crippen LogP contribution in [0, 0.1) is 0 Å². The van der Waals surface area contributed by atoms with E-state index in [9.17, 15) is 9.59 Å². The number of hydrogen-bond acceptors (Lipinski definition) is 3. The van der Waals surface area contributed by atoms with Gasteiger partial charge in [-0.3, -0.25) is 4.79 Å². The molecule has 18 heavy (non-hydrogen) atoms. The van der Waals surface area contributed by atoms with Crippen LogP contribution >= 0.6 is 0 Å². The highest BCUT2D eigenvalue weighted by atomic mass is 16.4. The molecule has 0 radical (unpaired) electrons. The summed E-state index contributed by atoms with van der Waals surface area (Å²) in [7, 11) is 0. The van der Waals surface area contributed by atoms with Gasteiger partial charge in [-0.05, 0) is 12.8 Å². The number of carbonyl (C=O) groups is 1. The van der Waals surface area contributed by atoms with Gasteiger partial charge in [0, 0.05) is 18.2 Å². The predicted octanol–water partition coefficient (Wildman–Crippen LogP) is 1.38. The Labute approximate surface area is 102 Å². The van der Waals surface area contributed by atoms with Crippen LogP contribution in [0.1, 0.15) is 47.7 Å². The summed E-state index contributed by atoms with van der Waals surface area (Å²) in [5.41, 5.74) is 0.555. The summed E-state index contributed by atoms with van der Waals surface area (Å²) in [5.74, 6) is -0.845. The minimum atomic E-state index is -1.24. The average molecular weight is 247 g/mol. The lowest BCUT2D eigenvalue weighted by atomic mass is 10.1. The van der Waals surface area contributed by atoms with E-state index in [-0.39, 0.29) is 5.56 Å². The number of rotatable bonds is 2. The maximum atomic E-state index is 11.9. The zero-order valence-electron chi connectivity index (χ0n) is 9.72. The van der Waals surface area contributed by atoms with Gasteiger partial charge >= 0.3 is 5.97 Å². The number of nitrogens with zero attached hydrogens (tertiary/aromatic N) is 2. The highest BCUT2D eigenvalue weighted by Gasteiger charge is 2.21. The van der Waals surface area contributed by atoms with Crippen LogP contribution in [0.15, 0.2) is 17.1 Å². The third kappa shape index (κ3) is 1.61. The minimum Gasteiger partial charge on any atom is -0.477 e. The molecule has 0 amide bonds. The Balaban J connectivity index is 2.14. The van der Waals surface area contributed by atoms with E-state index < -0.39 is 11.5 Å². The van der Waals surface area contributed by atoms with E-state index in [2.05, 4.69) is 10.1 Å². The molecule has 0 aliphatic heterocycles. The fourth-order valence-corrected chi connectivity index (χ4v) is 2.55. The average Bonchev–Trinajstić information content (AvgIpc) is 2.97. The summed E-state index contributed by atoms with van der Waals surface area (Å²) in [4.78, 5) is 25.6. The SMILES string of the molecule is O=C(O)c1c[nH]c2cc(C3CCCC3)nn2c1=O. The monoisotopic (exact) mass is 247 g/mol. The van der Waals surface area contributed by atoms with Crippen molar-refractivity contribution in [3.63, 3.8) is 0 Å². The van der Waals surface area contributed by atoms with Crippen molar-refractivity contribution < 1.29 is 9.90 Å². The largest absolute Gasteiger partial charge is 0.477 e. The van der Waals surface area contributed by atoms with Gasteiger partial charge in [-0.1, -0.05) is 12.8 Å². The van der Waals surface area contributed by atoms with E-state index in [1.165, 1.54) is 19.0 Å². The Hall–Kier alpha value is -2.11. The number of aromatic nitrogens is 3. The molecule has 0 atom stereocenters. The van der Waals surface area contributed by atoms with Crippen molar-refractivity contribution >= 4 is 11.6 Å². The molecular formula is C12H13N3O3. The number of aromatic carboxylic acids is 1. The van der Waals surface area contributed by atoms with Gasteiger partial charge in [-0.25, -0.2) is 4.79 Å². The molecule has 0 spiro atoms. The number of carboxylic acid groups (broad SMARTS) is 1. The Morgan fingerprint density at radius 2 is 2.17 bits per heavy atom. The smallest absolute Gasteiger partial charge is 0.342 e. The fourth-order valence-electron chi connectivity index (χ4n) is 2.55. The standard InChI is InChI=1S/C12H13N3O3/c16-11-8(12(17)18)6-13-10-5-9(14-15(10)11)7-3-1-2-4-7/h5-7,13H,1-4H2,(H,17,18). The second-order valence-electron chi connectivity index (χ2n) is 4.66. The molecule has 0 saturated heterocycles. The van der Waals surface area contributed by atoms with Crippen LogP contribution in [0.5, 0.6) is 0 Å². The van der Waals surface area contributed by atoms with Crippen molar-refractivity contribution in [3.8, 4) is 0 Å². The molecule has 6 nitrogen and oxygen atoms in total. The van der Waals surface area contributed by atoms with Crippen LogP contribution in [-0.2, 0) is 0 Å².